The van der Waals surface area contributed by atoms with Crippen molar-refractivity contribution in [3.05, 3.63) is 28.7 Å². The van der Waals surface area contributed by atoms with Crippen LogP contribution in [0.25, 0.3) is 0 Å². The number of hydrogen-bond donors (Lipinski definition) is 2. The van der Waals surface area contributed by atoms with Crippen LogP contribution in [0.15, 0.2) is 28.7 Å². The molecule has 1 aromatic rings. The molecule has 0 aliphatic carbocycles. The largest absolute Gasteiger partial charge is 0.364 e. The number of benzene rings is 1. The molecule has 0 saturated carbocycles. The third-order valence-corrected chi connectivity index (χ3v) is 4.24. The lowest BCUT2D eigenvalue weighted by molar-refractivity contribution is -0.143. The first-order valence-corrected chi connectivity index (χ1v) is 7.95. The zero-order valence-electron chi connectivity index (χ0n) is 12.4. The topological polar surface area (TPSA) is 84.7 Å². The van der Waals surface area contributed by atoms with Gasteiger partial charge >= 0.3 is 0 Å². The lowest BCUT2D eigenvalue weighted by Crippen LogP contribution is -2.41. The third kappa shape index (κ3) is 4.28. The van der Waals surface area contributed by atoms with Gasteiger partial charge in [-0.3, -0.25) is 9.59 Å². The minimum atomic E-state index is -0.491. The molecule has 0 unspecified atom stereocenters. The molecule has 3 N–H and O–H groups in total. The molecular formula is C15H20BrN3O3. The second kappa shape index (κ2) is 7.71. The van der Waals surface area contributed by atoms with Gasteiger partial charge in [-0.05, 0) is 40.9 Å². The van der Waals surface area contributed by atoms with Crippen LogP contribution in [0.2, 0.25) is 0 Å². The highest BCUT2D eigenvalue weighted by Gasteiger charge is 2.32. The fraction of sp³-hybridized carbons (Fsp3) is 0.467. The Morgan fingerprint density at radius 2 is 2.14 bits per heavy atom. The Morgan fingerprint density at radius 1 is 1.41 bits per heavy atom. The molecule has 120 valence electrons. The van der Waals surface area contributed by atoms with Crippen molar-refractivity contribution in [3.8, 4) is 0 Å². The van der Waals surface area contributed by atoms with Crippen LogP contribution in [0.5, 0.6) is 0 Å². The maximum atomic E-state index is 12.2. The number of nitrogens with two attached hydrogens (primary N) is 1. The molecule has 0 bridgehead atoms. The van der Waals surface area contributed by atoms with Crippen LogP contribution in [-0.2, 0) is 14.3 Å². The van der Waals surface area contributed by atoms with Crippen LogP contribution in [0.3, 0.4) is 0 Å². The normalized spacial score (nSPS) is 20.7. The molecule has 0 radical (unpaired) electrons. The van der Waals surface area contributed by atoms with E-state index < -0.39 is 6.10 Å². The van der Waals surface area contributed by atoms with Gasteiger partial charge in [-0.2, -0.15) is 0 Å². The quantitative estimate of drug-likeness (QED) is 0.820. The molecule has 6 nitrogen and oxygen atoms in total. The van der Waals surface area contributed by atoms with E-state index in [-0.39, 0.29) is 24.5 Å². The minimum Gasteiger partial charge on any atom is -0.364 e. The number of carbonyl (C=O) groups is 2. The summed E-state index contributed by atoms with van der Waals surface area (Å²) in [6, 6.07) is 7.31. The summed E-state index contributed by atoms with van der Waals surface area (Å²) >= 11 is 3.36. The number of para-hydroxylation sites is 1. The maximum absolute atomic E-state index is 12.2. The number of likely N-dealkylation sites (N-methyl/N-ethyl adjacent to an activating group) is 1. The molecule has 2 atom stereocenters. The van der Waals surface area contributed by atoms with E-state index in [2.05, 4.69) is 21.2 Å². The zero-order valence-corrected chi connectivity index (χ0v) is 14.0. The SMILES string of the molecule is CN(CC(=O)Nc1ccccc1Br)C(=O)[C@@H]1CC[C@H](CN)O1. The zero-order chi connectivity index (χ0) is 16.1. The monoisotopic (exact) mass is 369 g/mol. The van der Waals surface area contributed by atoms with Gasteiger partial charge in [0.2, 0.25) is 5.91 Å². The number of hydrogen-bond acceptors (Lipinski definition) is 4. The van der Waals surface area contributed by atoms with Crippen LogP contribution in [0.1, 0.15) is 12.8 Å². The summed E-state index contributed by atoms with van der Waals surface area (Å²) in [5.74, 6) is -0.436. The molecule has 2 rings (SSSR count). The molecule has 1 aromatic carbocycles. The van der Waals surface area contributed by atoms with Gasteiger partial charge in [0, 0.05) is 18.1 Å². The summed E-state index contributed by atoms with van der Waals surface area (Å²) in [6.45, 7) is 0.392. The summed E-state index contributed by atoms with van der Waals surface area (Å²) in [6.07, 6.45) is 0.882. The van der Waals surface area contributed by atoms with Gasteiger partial charge in [0.05, 0.1) is 18.3 Å². The fourth-order valence-corrected chi connectivity index (χ4v) is 2.74. The van der Waals surface area contributed by atoms with Crippen molar-refractivity contribution in [3.63, 3.8) is 0 Å². The number of rotatable bonds is 5. The van der Waals surface area contributed by atoms with Crippen molar-refractivity contribution in [2.45, 2.75) is 25.0 Å². The van der Waals surface area contributed by atoms with E-state index >= 15 is 0 Å². The number of nitrogens with zero attached hydrogens (tertiary/aromatic N) is 1. The van der Waals surface area contributed by atoms with E-state index in [0.717, 1.165) is 10.9 Å². The van der Waals surface area contributed by atoms with Crippen LogP contribution in [-0.4, -0.2) is 49.1 Å². The molecule has 1 fully saturated rings. The van der Waals surface area contributed by atoms with Gasteiger partial charge in [-0.1, -0.05) is 12.1 Å². The summed E-state index contributed by atoms with van der Waals surface area (Å²) < 4.78 is 6.35. The molecule has 0 aromatic heterocycles. The molecule has 2 amide bonds. The number of halogens is 1. The molecule has 1 aliphatic rings. The van der Waals surface area contributed by atoms with Crippen molar-refractivity contribution >= 4 is 33.4 Å². The van der Waals surface area contributed by atoms with E-state index in [1.807, 2.05) is 18.2 Å². The summed E-state index contributed by atoms with van der Waals surface area (Å²) in [4.78, 5) is 25.6. The highest BCUT2D eigenvalue weighted by molar-refractivity contribution is 9.10. The van der Waals surface area contributed by atoms with Gasteiger partial charge in [-0.15, -0.1) is 0 Å². The summed E-state index contributed by atoms with van der Waals surface area (Å²) in [5, 5.41) is 2.77. The van der Waals surface area contributed by atoms with E-state index in [4.69, 9.17) is 10.5 Å². The van der Waals surface area contributed by atoms with Gasteiger partial charge in [-0.25, -0.2) is 0 Å². The van der Waals surface area contributed by atoms with E-state index in [1.54, 1.807) is 13.1 Å². The number of amides is 2. The molecule has 1 heterocycles. The maximum Gasteiger partial charge on any atom is 0.251 e. The molecule has 1 aliphatic heterocycles. The van der Waals surface area contributed by atoms with Gasteiger partial charge in [0.15, 0.2) is 0 Å². The molecule has 0 spiro atoms. The van der Waals surface area contributed by atoms with Crippen LogP contribution < -0.4 is 11.1 Å². The van der Waals surface area contributed by atoms with Crippen LogP contribution in [0, 0.1) is 0 Å². The van der Waals surface area contributed by atoms with Crippen LogP contribution >= 0.6 is 15.9 Å². The van der Waals surface area contributed by atoms with Gasteiger partial charge in [0.1, 0.15) is 6.10 Å². The van der Waals surface area contributed by atoms with Crippen molar-refractivity contribution in [2.24, 2.45) is 5.73 Å². The first kappa shape index (κ1) is 16.9. The highest BCUT2D eigenvalue weighted by Crippen LogP contribution is 2.22. The summed E-state index contributed by atoms with van der Waals surface area (Å²) in [7, 11) is 1.60. The van der Waals surface area contributed by atoms with Gasteiger partial charge in [0.25, 0.3) is 5.91 Å². The Labute approximate surface area is 138 Å². The molecule has 7 heteroatoms. The molecular weight excluding hydrogens is 350 g/mol. The van der Waals surface area contributed by atoms with Crippen molar-refractivity contribution in [1.82, 2.24) is 4.90 Å². The lowest BCUT2D eigenvalue weighted by Gasteiger charge is -2.21. The Balaban J connectivity index is 1.86. The average molecular weight is 370 g/mol. The summed E-state index contributed by atoms with van der Waals surface area (Å²) in [5.41, 5.74) is 6.21. The lowest BCUT2D eigenvalue weighted by atomic mass is 10.2. The first-order valence-electron chi connectivity index (χ1n) is 7.16. The number of ether oxygens (including phenoxy) is 1. The second-order valence-electron chi connectivity index (χ2n) is 5.28. The van der Waals surface area contributed by atoms with Crippen molar-refractivity contribution in [2.75, 3.05) is 25.5 Å². The number of nitrogens with one attached hydrogen (secondary N) is 1. The second-order valence-corrected chi connectivity index (χ2v) is 6.14. The standard InChI is InChI=1S/C15H20BrN3O3/c1-19(15(21)13-7-6-10(8-17)22-13)9-14(20)18-12-5-3-2-4-11(12)16/h2-5,10,13H,6-9,17H2,1H3,(H,18,20)/t10-,13+/m1/s1. The van der Waals surface area contributed by atoms with E-state index in [1.165, 1.54) is 4.90 Å². The van der Waals surface area contributed by atoms with E-state index in [9.17, 15) is 9.59 Å². The molecule has 1 saturated heterocycles. The Morgan fingerprint density at radius 3 is 2.77 bits per heavy atom. The van der Waals surface area contributed by atoms with E-state index in [0.29, 0.717) is 18.7 Å². The predicted octanol–water partition coefficient (Wildman–Crippen LogP) is 1.35. The average Bonchev–Trinajstić information content (AvgIpc) is 2.97. The Bertz CT molecular complexity index is 553. The number of anilines is 1. The van der Waals surface area contributed by atoms with Gasteiger partial charge < -0.3 is 20.7 Å². The van der Waals surface area contributed by atoms with Crippen molar-refractivity contribution < 1.29 is 14.3 Å². The Hall–Kier alpha value is -1.44. The fourth-order valence-electron chi connectivity index (χ4n) is 2.35. The van der Waals surface area contributed by atoms with Crippen LogP contribution in [0.4, 0.5) is 5.69 Å². The smallest absolute Gasteiger partial charge is 0.251 e. The predicted molar refractivity (Wildman–Crippen MR) is 87.4 cm³/mol. The molecule has 22 heavy (non-hydrogen) atoms. The minimum absolute atomic E-state index is 0.0205. The number of carbonyl (C=O) groups excluding carboxylic acids is 2. The highest BCUT2D eigenvalue weighted by atomic mass is 79.9. The van der Waals surface area contributed by atoms with Crippen molar-refractivity contribution in [1.29, 1.82) is 0 Å². The Kier molecular flexibility index (Phi) is 5.93. The first-order chi connectivity index (χ1) is 10.5. The third-order valence-electron chi connectivity index (χ3n) is 3.55.